The number of fused-ring (bicyclic) bond motifs is 1. The first-order valence-corrected chi connectivity index (χ1v) is 9.77. The minimum Gasteiger partial charge on any atom is -0.317 e. The molecule has 5 rings (SSSR count). The van der Waals surface area contributed by atoms with Crippen molar-refractivity contribution < 1.29 is 18.0 Å². The van der Waals surface area contributed by atoms with E-state index in [1.807, 2.05) is 0 Å². The maximum absolute atomic E-state index is 13.5. The number of carbonyl (C=O) groups excluding carboxylic acids is 1. The molecule has 3 aromatic heterocycles. The van der Waals surface area contributed by atoms with Crippen molar-refractivity contribution in [2.45, 2.75) is 12.7 Å². The molecule has 1 aliphatic rings. The van der Waals surface area contributed by atoms with Crippen molar-refractivity contribution >= 4 is 11.7 Å². The van der Waals surface area contributed by atoms with Gasteiger partial charge in [-0.2, -0.15) is 18.3 Å². The van der Waals surface area contributed by atoms with Gasteiger partial charge in [0.15, 0.2) is 5.82 Å². The molecule has 9 nitrogen and oxygen atoms in total. The van der Waals surface area contributed by atoms with Crippen LogP contribution in [0, 0.1) is 0 Å². The number of benzene rings is 1. The summed E-state index contributed by atoms with van der Waals surface area (Å²) in [5, 5.41) is 12.2. The smallest absolute Gasteiger partial charge is 0.317 e. The molecule has 0 saturated heterocycles. The van der Waals surface area contributed by atoms with Crippen LogP contribution in [0.25, 0.3) is 22.6 Å². The van der Waals surface area contributed by atoms with Gasteiger partial charge in [0, 0.05) is 31.3 Å². The van der Waals surface area contributed by atoms with Crippen LogP contribution in [0.2, 0.25) is 0 Å². The summed E-state index contributed by atoms with van der Waals surface area (Å²) < 4.78 is 43.6. The Morgan fingerprint density at radius 1 is 1.09 bits per heavy atom. The second-order valence-electron chi connectivity index (χ2n) is 7.64. The lowest BCUT2D eigenvalue weighted by Crippen LogP contribution is -2.26. The zero-order valence-corrected chi connectivity index (χ0v) is 17.4. The van der Waals surface area contributed by atoms with E-state index in [0.717, 1.165) is 11.0 Å². The van der Waals surface area contributed by atoms with Crippen LogP contribution in [0.4, 0.5) is 19.0 Å². The van der Waals surface area contributed by atoms with Crippen LogP contribution >= 0.6 is 0 Å². The summed E-state index contributed by atoms with van der Waals surface area (Å²) in [6.07, 6.45) is -1.50. The number of anilines is 1. The number of carbonyl (C=O) groups is 1. The van der Waals surface area contributed by atoms with E-state index in [9.17, 15) is 22.8 Å². The van der Waals surface area contributed by atoms with Gasteiger partial charge in [-0.25, -0.2) is 0 Å². The Morgan fingerprint density at radius 2 is 1.88 bits per heavy atom. The summed E-state index contributed by atoms with van der Waals surface area (Å²) in [6, 6.07) is 6.36. The Hall–Kier alpha value is -4.22. The molecular weight excluding hydrogens is 439 g/mol. The van der Waals surface area contributed by atoms with Gasteiger partial charge in [-0.1, -0.05) is 6.07 Å². The molecule has 0 bridgehead atoms. The van der Waals surface area contributed by atoms with Crippen molar-refractivity contribution in [2.75, 3.05) is 4.90 Å². The highest BCUT2D eigenvalue weighted by molar-refractivity contribution is 6.10. The number of pyridine rings is 1. The molecule has 4 aromatic rings. The minimum atomic E-state index is -4.60. The van der Waals surface area contributed by atoms with E-state index in [1.54, 1.807) is 29.5 Å². The van der Waals surface area contributed by atoms with Gasteiger partial charge in [0.05, 0.1) is 29.6 Å². The number of aromatic amines is 1. The van der Waals surface area contributed by atoms with Crippen molar-refractivity contribution in [1.82, 2.24) is 29.5 Å². The Balaban J connectivity index is 1.61. The number of amides is 1. The van der Waals surface area contributed by atoms with Crippen LogP contribution < -0.4 is 10.5 Å². The number of alkyl halides is 3. The number of hydrogen-bond acceptors (Lipinski definition) is 5. The number of rotatable bonds is 3. The van der Waals surface area contributed by atoms with E-state index < -0.39 is 23.2 Å². The highest BCUT2D eigenvalue weighted by Gasteiger charge is 2.40. The number of nitrogens with zero attached hydrogens (tertiary/aromatic N) is 6. The molecule has 168 valence electrons. The van der Waals surface area contributed by atoms with Gasteiger partial charge in [-0.15, -0.1) is 10.2 Å². The molecule has 1 amide bonds. The highest BCUT2D eigenvalue weighted by Crippen LogP contribution is 2.39. The van der Waals surface area contributed by atoms with Crippen LogP contribution in [0.3, 0.4) is 0 Å². The molecule has 0 unspecified atom stereocenters. The normalized spacial score (nSPS) is 13.6. The van der Waals surface area contributed by atoms with E-state index in [1.165, 1.54) is 30.6 Å². The van der Waals surface area contributed by atoms with Crippen molar-refractivity contribution in [2.24, 2.45) is 14.1 Å². The summed E-state index contributed by atoms with van der Waals surface area (Å²) in [6.45, 7) is -0.315. The molecule has 4 heterocycles. The van der Waals surface area contributed by atoms with Gasteiger partial charge >= 0.3 is 6.18 Å². The lowest BCUT2D eigenvalue weighted by molar-refractivity contribution is -0.138. The summed E-state index contributed by atoms with van der Waals surface area (Å²) in [5.41, 5.74) is 0.00509. The monoisotopic (exact) mass is 455 g/mol. The third-order valence-electron chi connectivity index (χ3n) is 5.56. The largest absolute Gasteiger partial charge is 0.416 e. The molecule has 0 radical (unpaired) electrons. The molecule has 1 N–H and O–H groups in total. The lowest BCUT2D eigenvalue weighted by Gasteiger charge is -2.17. The van der Waals surface area contributed by atoms with E-state index in [2.05, 4.69) is 20.3 Å². The number of nitrogens with one attached hydrogen (secondary N) is 1. The standard InChI is InChI=1S/C21H16F3N7O2/c1-29-10-25-28-19(29)13-8-26-30(2)18(13)11-6-16(27-17(32)7-11)31-9-14-12(20(31)33)4-3-5-15(14)21(22,23)24/h3-8,10H,9H2,1-2H3,(H,27,32). The van der Waals surface area contributed by atoms with Gasteiger partial charge in [0.1, 0.15) is 12.1 Å². The Labute approximate surface area is 184 Å². The molecule has 0 aliphatic carbocycles. The third-order valence-corrected chi connectivity index (χ3v) is 5.56. The third kappa shape index (κ3) is 3.30. The first-order chi connectivity index (χ1) is 15.6. The van der Waals surface area contributed by atoms with Crippen LogP contribution in [0.1, 0.15) is 21.5 Å². The molecule has 12 heteroatoms. The molecule has 1 aliphatic heterocycles. The van der Waals surface area contributed by atoms with Crippen LogP contribution in [0.15, 0.2) is 47.7 Å². The highest BCUT2D eigenvalue weighted by atomic mass is 19.4. The molecule has 0 saturated carbocycles. The number of aromatic nitrogens is 6. The fraction of sp³-hybridized carbons (Fsp3) is 0.190. The van der Waals surface area contributed by atoms with Crippen molar-refractivity contribution in [3.05, 3.63) is 69.9 Å². The molecule has 0 fully saturated rings. The molecule has 0 spiro atoms. The Bertz CT molecular complexity index is 1470. The molecule has 0 atom stereocenters. The SMILES string of the molecule is Cn1cnnc1-c1cnn(C)c1-c1cc(N2Cc3c(cccc3C(F)(F)F)C2=O)[nH]c(=O)c1. The first kappa shape index (κ1) is 20.7. The van der Waals surface area contributed by atoms with Crippen LogP contribution in [-0.2, 0) is 26.8 Å². The van der Waals surface area contributed by atoms with Crippen LogP contribution in [0.5, 0.6) is 0 Å². The van der Waals surface area contributed by atoms with Crippen molar-refractivity contribution in [3.63, 3.8) is 0 Å². The second-order valence-corrected chi connectivity index (χ2v) is 7.64. The Morgan fingerprint density at radius 3 is 2.58 bits per heavy atom. The maximum atomic E-state index is 13.5. The fourth-order valence-electron chi connectivity index (χ4n) is 4.07. The predicted molar refractivity (Wildman–Crippen MR) is 111 cm³/mol. The summed E-state index contributed by atoms with van der Waals surface area (Å²) in [4.78, 5) is 29.2. The zero-order chi connectivity index (χ0) is 23.5. The maximum Gasteiger partial charge on any atom is 0.416 e. The van der Waals surface area contributed by atoms with Gasteiger partial charge in [0.2, 0.25) is 5.56 Å². The average Bonchev–Trinajstić information content (AvgIpc) is 3.43. The lowest BCUT2D eigenvalue weighted by atomic mass is 10.0. The quantitative estimate of drug-likeness (QED) is 0.512. The molecular formula is C21H16F3N7O2. The van der Waals surface area contributed by atoms with E-state index >= 15 is 0 Å². The minimum absolute atomic E-state index is 0.0450. The van der Waals surface area contributed by atoms with E-state index in [4.69, 9.17) is 0 Å². The molecule has 1 aromatic carbocycles. The van der Waals surface area contributed by atoms with Gasteiger partial charge in [-0.05, 0) is 23.8 Å². The van der Waals surface area contributed by atoms with Crippen LogP contribution in [-0.4, -0.2) is 35.4 Å². The average molecular weight is 455 g/mol. The van der Waals surface area contributed by atoms with Crippen molar-refractivity contribution in [3.8, 4) is 22.6 Å². The number of H-pyrrole nitrogens is 1. The Kier molecular flexibility index (Phi) is 4.48. The van der Waals surface area contributed by atoms with Gasteiger partial charge in [-0.3, -0.25) is 19.2 Å². The zero-order valence-electron chi connectivity index (χ0n) is 17.4. The summed E-state index contributed by atoms with van der Waals surface area (Å²) in [5.74, 6) is -0.0289. The second kappa shape index (κ2) is 7.15. The van der Waals surface area contributed by atoms with E-state index in [-0.39, 0.29) is 23.5 Å². The summed E-state index contributed by atoms with van der Waals surface area (Å²) in [7, 11) is 3.44. The summed E-state index contributed by atoms with van der Waals surface area (Å²) >= 11 is 0. The number of halogens is 3. The van der Waals surface area contributed by atoms with E-state index in [0.29, 0.717) is 22.6 Å². The molecule has 33 heavy (non-hydrogen) atoms. The number of aryl methyl sites for hydroxylation is 2. The predicted octanol–water partition coefficient (Wildman–Crippen LogP) is 2.75. The fourth-order valence-corrected chi connectivity index (χ4v) is 4.07. The van der Waals surface area contributed by atoms with Crippen molar-refractivity contribution in [1.29, 1.82) is 0 Å². The van der Waals surface area contributed by atoms with Gasteiger partial charge < -0.3 is 9.55 Å². The van der Waals surface area contributed by atoms with Gasteiger partial charge in [0.25, 0.3) is 5.91 Å². The number of hydrogen-bond donors (Lipinski definition) is 1. The first-order valence-electron chi connectivity index (χ1n) is 9.77. The topological polar surface area (TPSA) is 102 Å².